The molecule has 0 spiro atoms. The van der Waals surface area contributed by atoms with Crippen molar-refractivity contribution in [2.24, 2.45) is 17.1 Å². The molecule has 1 fully saturated rings. The maximum Gasteiger partial charge on any atom is 0.230 e. The van der Waals surface area contributed by atoms with Gasteiger partial charge in [0.25, 0.3) is 0 Å². The summed E-state index contributed by atoms with van der Waals surface area (Å²) < 4.78 is 0. The van der Waals surface area contributed by atoms with Gasteiger partial charge >= 0.3 is 0 Å². The molecule has 4 nitrogen and oxygen atoms in total. The molecular formula is C15H27N3O. The lowest BCUT2D eigenvalue weighted by molar-refractivity contribution is -0.144. The van der Waals surface area contributed by atoms with Crippen LogP contribution in [0.15, 0.2) is 0 Å². The van der Waals surface area contributed by atoms with Crippen LogP contribution in [0.3, 0.4) is 0 Å². The van der Waals surface area contributed by atoms with Crippen LogP contribution in [0.1, 0.15) is 52.4 Å². The summed E-state index contributed by atoms with van der Waals surface area (Å²) >= 11 is 0. The molecule has 0 bridgehead atoms. The highest BCUT2D eigenvalue weighted by molar-refractivity contribution is 5.83. The number of nitrogens with two attached hydrogens (primary N) is 1. The zero-order valence-electron chi connectivity index (χ0n) is 12.3. The first-order valence-corrected chi connectivity index (χ1v) is 7.42. The number of carbonyl (C=O) groups is 1. The van der Waals surface area contributed by atoms with E-state index in [4.69, 9.17) is 11.0 Å². The van der Waals surface area contributed by atoms with Crippen molar-refractivity contribution in [1.29, 1.82) is 5.26 Å². The fourth-order valence-corrected chi connectivity index (χ4v) is 2.97. The predicted molar refractivity (Wildman–Crippen MR) is 76.2 cm³/mol. The summed E-state index contributed by atoms with van der Waals surface area (Å²) in [6.45, 7) is 5.90. The fourth-order valence-electron chi connectivity index (χ4n) is 2.97. The number of nitrogens with zero attached hydrogens (tertiary/aromatic N) is 2. The van der Waals surface area contributed by atoms with Gasteiger partial charge in [-0.2, -0.15) is 5.26 Å². The van der Waals surface area contributed by atoms with Crippen LogP contribution in [-0.2, 0) is 4.79 Å². The maximum absolute atomic E-state index is 12.8. The number of amides is 1. The number of hydrogen-bond acceptors (Lipinski definition) is 3. The molecule has 0 unspecified atom stereocenters. The number of carbonyl (C=O) groups excluding carboxylic acids is 1. The lowest BCUT2D eigenvalue weighted by Gasteiger charge is -2.39. The van der Waals surface area contributed by atoms with Gasteiger partial charge in [-0.15, -0.1) is 0 Å². The van der Waals surface area contributed by atoms with Crippen molar-refractivity contribution in [2.45, 2.75) is 52.4 Å². The van der Waals surface area contributed by atoms with Crippen molar-refractivity contribution in [3.63, 3.8) is 0 Å². The minimum absolute atomic E-state index is 0.179. The zero-order valence-corrected chi connectivity index (χ0v) is 12.3. The van der Waals surface area contributed by atoms with E-state index in [0.717, 1.165) is 32.2 Å². The molecule has 0 saturated heterocycles. The molecule has 1 saturated carbocycles. The van der Waals surface area contributed by atoms with E-state index in [2.05, 4.69) is 19.9 Å². The molecule has 4 heteroatoms. The van der Waals surface area contributed by atoms with Crippen molar-refractivity contribution in [3.05, 3.63) is 0 Å². The lowest BCUT2D eigenvalue weighted by Crippen LogP contribution is -2.50. The molecule has 1 aliphatic rings. The Morgan fingerprint density at radius 2 is 2.00 bits per heavy atom. The molecule has 0 aromatic carbocycles. The summed E-state index contributed by atoms with van der Waals surface area (Å²) in [7, 11) is 0. The summed E-state index contributed by atoms with van der Waals surface area (Å²) in [6.07, 6.45) is 5.61. The molecule has 2 N–H and O–H groups in total. The largest absolute Gasteiger partial charge is 0.341 e. The molecule has 0 radical (unpaired) electrons. The average Bonchev–Trinajstić information content (AvgIpc) is 2.43. The molecule has 0 heterocycles. The molecule has 0 aliphatic heterocycles. The summed E-state index contributed by atoms with van der Waals surface area (Å²) in [5.74, 6) is 0.597. The van der Waals surface area contributed by atoms with Gasteiger partial charge in [-0.1, -0.05) is 33.1 Å². The van der Waals surface area contributed by atoms with Gasteiger partial charge in [-0.05, 0) is 18.8 Å². The Morgan fingerprint density at radius 3 is 2.47 bits per heavy atom. The molecule has 1 aliphatic carbocycles. The first kappa shape index (κ1) is 16.0. The smallest absolute Gasteiger partial charge is 0.230 e. The Hall–Kier alpha value is -1.08. The van der Waals surface area contributed by atoms with Crippen LogP contribution in [0.25, 0.3) is 0 Å². The fraction of sp³-hybridized carbons (Fsp3) is 0.867. The highest BCUT2D eigenvalue weighted by Gasteiger charge is 2.40. The summed E-state index contributed by atoms with van der Waals surface area (Å²) in [5.41, 5.74) is 5.57. The standard InChI is InChI=1S/C15H27N3O/c1-13(2)11-18(10-6-9-16)14(19)15(12-17)7-4-3-5-8-15/h13H,3-8,10-12,17H2,1-2H3. The van der Waals surface area contributed by atoms with E-state index in [1.165, 1.54) is 6.42 Å². The minimum Gasteiger partial charge on any atom is -0.341 e. The minimum atomic E-state index is -0.359. The van der Waals surface area contributed by atoms with Gasteiger partial charge in [-0.25, -0.2) is 0 Å². The van der Waals surface area contributed by atoms with E-state index in [1.807, 2.05) is 4.90 Å². The average molecular weight is 265 g/mol. The van der Waals surface area contributed by atoms with Gasteiger partial charge in [0.2, 0.25) is 5.91 Å². The normalized spacial score (nSPS) is 18.1. The predicted octanol–water partition coefficient (Wildman–Crippen LogP) is 2.29. The summed E-state index contributed by atoms with van der Waals surface area (Å²) in [6, 6.07) is 2.13. The number of nitriles is 1. The Bertz CT molecular complexity index is 327. The molecule has 108 valence electrons. The second kappa shape index (κ2) is 7.49. The molecule has 1 rings (SSSR count). The highest BCUT2D eigenvalue weighted by Crippen LogP contribution is 2.37. The van der Waals surface area contributed by atoms with Crippen molar-refractivity contribution in [2.75, 3.05) is 19.6 Å². The van der Waals surface area contributed by atoms with Gasteiger partial charge in [0.1, 0.15) is 0 Å². The topological polar surface area (TPSA) is 70.1 Å². The second-order valence-corrected chi connectivity index (χ2v) is 6.10. The van der Waals surface area contributed by atoms with E-state index < -0.39 is 0 Å². The first-order chi connectivity index (χ1) is 9.05. The SMILES string of the molecule is CC(C)CN(CCC#N)C(=O)C1(CN)CCCCC1. The van der Waals surface area contributed by atoms with Crippen molar-refractivity contribution in [1.82, 2.24) is 4.90 Å². The Morgan fingerprint density at radius 1 is 1.37 bits per heavy atom. The highest BCUT2D eigenvalue weighted by atomic mass is 16.2. The molecular weight excluding hydrogens is 238 g/mol. The van der Waals surface area contributed by atoms with Gasteiger partial charge in [0.05, 0.1) is 17.9 Å². The zero-order chi connectivity index (χ0) is 14.3. The molecule has 0 aromatic rings. The number of hydrogen-bond donors (Lipinski definition) is 1. The summed E-state index contributed by atoms with van der Waals surface area (Å²) in [5, 5.41) is 8.75. The number of rotatable bonds is 6. The van der Waals surface area contributed by atoms with Crippen LogP contribution in [0.4, 0.5) is 0 Å². The molecule has 0 aromatic heterocycles. The van der Waals surface area contributed by atoms with Gasteiger partial charge in [0, 0.05) is 19.6 Å². The third-order valence-corrected chi connectivity index (χ3v) is 4.02. The van der Waals surface area contributed by atoms with Crippen molar-refractivity contribution >= 4 is 5.91 Å². The molecule has 1 amide bonds. The van der Waals surface area contributed by atoms with Crippen LogP contribution in [-0.4, -0.2) is 30.4 Å². The molecule has 0 atom stereocenters. The van der Waals surface area contributed by atoms with Crippen LogP contribution in [0.2, 0.25) is 0 Å². The van der Waals surface area contributed by atoms with Gasteiger partial charge in [0.15, 0.2) is 0 Å². The van der Waals surface area contributed by atoms with E-state index in [-0.39, 0.29) is 11.3 Å². The monoisotopic (exact) mass is 265 g/mol. The van der Waals surface area contributed by atoms with Crippen LogP contribution >= 0.6 is 0 Å². The van der Waals surface area contributed by atoms with Gasteiger partial charge in [-0.3, -0.25) is 4.79 Å². The Kier molecular flexibility index (Phi) is 6.30. The third kappa shape index (κ3) is 4.21. The first-order valence-electron chi connectivity index (χ1n) is 7.42. The van der Waals surface area contributed by atoms with Gasteiger partial charge < -0.3 is 10.6 Å². The van der Waals surface area contributed by atoms with Crippen molar-refractivity contribution < 1.29 is 4.79 Å². The van der Waals surface area contributed by atoms with E-state index >= 15 is 0 Å². The van der Waals surface area contributed by atoms with Crippen molar-refractivity contribution in [3.8, 4) is 6.07 Å². The quantitative estimate of drug-likeness (QED) is 0.801. The maximum atomic E-state index is 12.8. The van der Waals surface area contributed by atoms with Crippen LogP contribution in [0, 0.1) is 22.7 Å². The molecule has 19 heavy (non-hydrogen) atoms. The van der Waals surface area contributed by atoms with E-state index in [0.29, 0.717) is 25.4 Å². The Labute approximate surface area is 116 Å². The Balaban J connectivity index is 2.80. The summed E-state index contributed by atoms with van der Waals surface area (Å²) in [4.78, 5) is 14.7. The van der Waals surface area contributed by atoms with E-state index in [1.54, 1.807) is 0 Å². The van der Waals surface area contributed by atoms with Crippen LogP contribution in [0.5, 0.6) is 0 Å². The van der Waals surface area contributed by atoms with E-state index in [9.17, 15) is 4.79 Å². The lowest BCUT2D eigenvalue weighted by atomic mass is 9.73. The second-order valence-electron chi connectivity index (χ2n) is 6.10. The van der Waals surface area contributed by atoms with Crippen LogP contribution < -0.4 is 5.73 Å². The third-order valence-electron chi connectivity index (χ3n) is 4.02.